The molecule has 0 atom stereocenters. The lowest BCUT2D eigenvalue weighted by molar-refractivity contribution is 0.240. The van der Waals surface area contributed by atoms with Gasteiger partial charge in [0.25, 0.3) is 0 Å². The average molecular weight is 183 g/mol. The van der Waals surface area contributed by atoms with Crippen molar-refractivity contribution in [1.82, 2.24) is 25.4 Å². The van der Waals surface area contributed by atoms with E-state index in [0.29, 0.717) is 13.1 Å². The fourth-order valence-electron chi connectivity index (χ4n) is 0.850. The molecule has 6 heteroatoms. The molecule has 1 rings (SSSR count). The molecule has 1 aromatic rings. The maximum absolute atomic E-state index is 11.0. The molecule has 0 bridgehead atoms. The van der Waals surface area contributed by atoms with E-state index in [4.69, 9.17) is 0 Å². The molecule has 0 spiro atoms. The molecule has 0 aliphatic carbocycles. The molecule has 0 aliphatic rings. The van der Waals surface area contributed by atoms with Crippen molar-refractivity contribution < 1.29 is 4.79 Å². The third kappa shape index (κ3) is 2.73. The third-order valence-electron chi connectivity index (χ3n) is 1.55. The highest BCUT2D eigenvalue weighted by Crippen LogP contribution is 1.89. The van der Waals surface area contributed by atoms with Crippen molar-refractivity contribution >= 4 is 6.03 Å². The van der Waals surface area contributed by atoms with Crippen molar-refractivity contribution in [2.45, 2.75) is 13.5 Å². The maximum atomic E-state index is 11.0. The van der Waals surface area contributed by atoms with E-state index in [1.165, 1.54) is 0 Å². The van der Waals surface area contributed by atoms with Crippen LogP contribution in [-0.4, -0.2) is 27.3 Å². The van der Waals surface area contributed by atoms with Gasteiger partial charge in [-0.2, -0.15) is 0 Å². The third-order valence-corrected chi connectivity index (χ3v) is 1.55. The van der Waals surface area contributed by atoms with E-state index in [1.807, 2.05) is 14.0 Å². The predicted molar refractivity (Wildman–Crippen MR) is 46.9 cm³/mol. The Kier molecular flexibility index (Phi) is 3.24. The van der Waals surface area contributed by atoms with Gasteiger partial charge in [0.15, 0.2) is 5.82 Å². The topological polar surface area (TPSA) is 71.8 Å². The molecule has 13 heavy (non-hydrogen) atoms. The van der Waals surface area contributed by atoms with E-state index in [0.717, 1.165) is 5.82 Å². The van der Waals surface area contributed by atoms with Crippen molar-refractivity contribution in [3.63, 3.8) is 0 Å². The first-order chi connectivity index (χ1) is 6.24. The molecule has 0 unspecified atom stereocenters. The summed E-state index contributed by atoms with van der Waals surface area (Å²) in [4.78, 5) is 11.0. The number of hydrogen-bond donors (Lipinski definition) is 2. The Morgan fingerprint density at radius 2 is 2.38 bits per heavy atom. The van der Waals surface area contributed by atoms with Gasteiger partial charge < -0.3 is 15.2 Å². The number of aromatic nitrogens is 3. The van der Waals surface area contributed by atoms with Crippen LogP contribution in [0.15, 0.2) is 6.33 Å². The van der Waals surface area contributed by atoms with E-state index in [9.17, 15) is 4.79 Å². The van der Waals surface area contributed by atoms with Gasteiger partial charge in [-0.25, -0.2) is 4.79 Å². The zero-order valence-corrected chi connectivity index (χ0v) is 7.74. The molecule has 0 saturated carbocycles. The number of aryl methyl sites for hydroxylation is 1. The van der Waals surface area contributed by atoms with Gasteiger partial charge in [0.2, 0.25) is 0 Å². The van der Waals surface area contributed by atoms with Gasteiger partial charge in [-0.1, -0.05) is 0 Å². The lowest BCUT2D eigenvalue weighted by Gasteiger charge is -2.04. The van der Waals surface area contributed by atoms with Crippen molar-refractivity contribution in [2.75, 3.05) is 6.54 Å². The van der Waals surface area contributed by atoms with Crippen LogP contribution < -0.4 is 10.6 Å². The molecule has 1 aromatic heterocycles. The zero-order chi connectivity index (χ0) is 9.68. The SMILES string of the molecule is CCNC(=O)NCc1nncn1C. The highest BCUT2D eigenvalue weighted by atomic mass is 16.2. The Bertz CT molecular complexity index is 282. The van der Waals surface area contributed by atoms with Crippen LogP contribution in [0.2, 0.25) is 0 Å². The van der Waals surface area contributed by atoms with Gasteiger partial charge in [-0.15, -0.1) is 10.2 Å². The Balaban J connectivity index is 2.35. The second-order valence-corrected chi connectivity index (χ2v) is 2.57. The molecule has 0 fully saturated rings. The highest BCUT2D eigenvalue weighted by molar-refractivity contribution is 5.73. The molecule has 2 N–H and O–H groups in total. The van der Waals surface area contributed by atoms with Crippen LogP contribution in [0, 0.1) is 0 Å². The number of nitrogens with zero attached hydrogens (tertiary/aromatic N) is 3. The van der Waals surface area contributed by atoms with E-state index >= 15 is 0 Å². The molecular weight excluding hydrogens is 170 g/mol. The fourth-order valence-corrected chi connectivity index (χ4v) is 0.850. The normalized spacial score (nSPS) is 9.69. The number of urea groups is 1. The molecule has 0 radical (unpaired) electrons. The highest BCUT2D eigenvalue weighted by Gasteiger charge is 2.02. The van der Waals surface area contributed by atoms with Gasteiger partial charge in [0.1, 0.15) is 6.33 Å². The second kappa shape index (κ2) is 4.44. The lowest BCUT2D eigenvalue weighted by atomic mass is 10.6. The fraction of sp³-hybridized carbons (Fsp3) is 0.571. The van der Waals surface area contributed by atoms with Crippen molar-refractivity contribution in [2.24, 2.45) is 7.05 Å². The van der Waals surface area contributed by atoms with E-state index < -0.39 is 0 Å². The van der Waals surface area contributed by atoms with Crippen LogP contribution in [-0.2, 0) is 13.6 Å². The Morgan fingerprint density at radius 1 is 1.62 bits per heavy atom. The van der Waals surface area contributed by atoms with Crippen molar-refractivity contribution in [3.05, 3.63) is 12.2 Å². The molecule has 0 aliphatic heterocycles. The second-order valence-electron chi connectivity index (χ2n) is 2.57. The van der Waals surface area contributed by atoms with Gasteiger partial charge in [-0.05, 0) is 6.92 Å². The quantitative estimate of drug-likeness (QED) is 0.671. The maximum Gasteiger partial charge on any atom is 0.315 e. The van der Waals surface area contributed by atoms with Gasteiger partial charge in [0.05, 0.1) is 6.54 Å². The first-order valence-corrected chi connectivity index (χ1v) is 4.08. The molecular formula is C7H13N5O. The zero-order valence-electron chi connectivity index (χ0n) is 7.74. The summed E-state index contributed by atoms with van der Waals surface area (Å²) in [5.41, 5.74) is 0. The van der Waals surface area contributed by atoms with Gasteiger partial charge in [-0.3, -0.25) is 0 Å². The van der Waals surface area contributed by atoms with Crippen molar-refractivity contribution in [1.29, 1.82) is 0 Å². The van der Waals surface area contributed by atoms with Crippen LogP contribution in [0.25, 0.3) is 0 Å². The summed E-state index contributed by atoms with van der Waals surface area (Å²) in [5, 5.41) is 12.8. The number of amides is 2. The van der Waals surface area contributed by atoms with Crippen LogP contribution in [0.1, 0.15) is 12.7 Å². The average Bonchev–Trinajstić information content (AvgIpc) is 2.48. The van der Waals surface area contributed by atoms with Gasteiger partial charge >= 0.3 is 6.03 Å². The lowest BCUT2D eigenvalue weighted by Crippen LogP contribution is -2.35. The minimum absolute atomic E-state index is 0.189. The molecule has 0 aromatic carbocycles. The van der Waals surface area contributed by atoms with Crippen LogP contribution in [0.3, 0.4) is 0 Å². The number of carbonyl (C=O) groups is 1. The van der Waals surface area contributed by atoms with E-state index in [1.54, 1.807) is 10.9 Å². The predicted octanol–water partition coefficient (Wildman–Crippen LogP) is -0.366. The Hall–Kier alpha value is -1.59. The van der Waals surface area contributed by atoms with Crippen molar-refractivity contribution in [3.8, 4) is 0 Å². The molecule has 1 heterocycles. The summed E-state index contributed by atoms with van der Waals surface area (Å²) < 4.78 is 1.76. The number of carbonyl (C=O) groups excluding carboxylic acids is 1. The summed E-state index contributed by atoms with van der Waals surface area (Å²) in [5.74, 6) is 0.728. The minimum Gasteiger partial charge on any atom is -0.338 e. The monoisotopic (exact) mass is 183 g/mol. The summed E-state index contributed by atoms with van der Waals surface area (Å²) in [6.45, 7) is 2.87. The molecule has 6 nitrogen and oxygen atoms in total. The smallest absolute Gasteiger partial charge is 0.315 e. The summed E-state index contributed by atoms with van der Waals surface area (Å²) in [6, 6.07) is -0.189. The number of hydrogen-bond acceptors (Lipinski definition) is 3. The Morgan fingerprint density at radius 3 is 2.92 bits per heavy atom. The van der Waals surface area contributed by atoms with Crippen LogP contribution in [0.5, 0.6) is 0 Å². The molecule has 2 amide bonds. The molecule has 0 saturated heterocycles. The first-order valence-electron chi connectivity index (χ1n) is 4.08. The minimum atomic E-state index is -0.189. The largest absolute Gasteiger partial charge is 0.338 e. The molecule has 72 valence electrons. The standard InChI is InChI=1S/C7H13N5O/c1-3-8-7(13)9-4-6-11-10-5-12(6)2/h5H,3-4H2,1-2H3,(H2,8,9,13). The van der Waals surface area contributed by atoms with E-state index in [-0.39, 0.29) is 6.03 Å². The van der Waals surface area contributed by atoms with Crippen LogP contribution in [0.4, 0.5) is 4.79 Å². The summed E-state index contributed by atoms with van der Waals surface area (Å²) >= 11 is 0. The summed E-state index contributed by atoms with van der Waals surface area (Å²) in [7, 11) is 1.83. The number of rotatable bonds is 3. The first kappa shape index (κ1) is 9.50. The summed E-state index contributed by atoms with van der Waals surface area (Å²) in [6.07, 6.45) is 1.59. The van der Waals surface area contributed by atoms with Gasteiger partial charge in [0, 0.05) is 13.6 Å². The van der Waals surface area contributed by atoms with E-state index in [2.05, 4.69) is 20.8 Å². The van der Waals surface area contributed by atoms with Crippen LogP contribution >= 0.6 is 0 Å². The Labute approximate surface area is 76.3 Å². The number of nitrogens with one attached hydrogen (secondary N) is 2.